The Morgan fingerprint density at radius 3 is 2.05 bits per heavy atom. The van der Waals surface area contributed by atoms with Crippen LogP contribution in [-0.2, 0) is 22.7 Å². The fourth-order valence-corrected chi connectivity index (χ4v) is 1.41. The summed E-state index contributed by atoms with van der Waals surface area (Å²) in [7, 11) is 0. The molecule has 19 heavy (non-hydrogen) atoms. The van der Waals surface area contributed by atoms with Crippen molar-refractivity contribution >= 4 is 11.9 Å². The number of hydrogen-bond donors (Lipinski definition) is 3. The topological polar surface area (TPSA) is 86.6 Å². The molecule has 1 rings (SSSR count). The standard InChI is InChI=1S/C14H17NO4/c1-9(10(2)14(18)19)13(17)15-7-11-3-5-12(8-16)6-4-11/h3-6,16H,7-8H2,1-2H3,(H,15,17)(H,18,19)/b10-9+. The third kappa shape index (κ3) is 4.22. The van der Waals surface area contributed by atoms with E-state index in [-0.39, 0.29) is 17.8 Å². The number of aliphatic carboxylic acids is 1. The van der Waals surface area contributed by atoms with Crippen molar-refractivity contribution in [1.29, 1.82) is 0 Å². The molecule has 0 aliphatic rings. The third-order valence-corrected chi connectivity index (χ3v) is 2.88. The highest BCUT2D eigenvalue weighted by Gasteiger charge is 2.12. The highest BCUT2D eigenvalue weighted by molar-refractivity contribution is 6.01. The van der Waals surface area contributed by atoms with Gasteiger partial charge in [-0.2, -0.15) is 0 Å². The predicted octanol–water partition coefficient (Wildman–Crippen LogP) is 1.22. The Hall–Kier alpha value is -2.14. The molecule has 0 radical (unpaired) electrons. The second-order valence-corrected chi connectivity index (χ2v) is 4.21. The summed E-state index contributed by atoms with van der Waals surface area (Å²) in [5.41, 5.74) is 1.91. The lowest BCUT2D eigenvalue weighted by molar-refractivity contribution is -0.133. The number of rotatable bonds is 5. The number of carboxylic acid groups (broad SMARTS) is 1. The zero-order valence-electron chi connectivity index (χ0n) is 10.9. The molecule has 3 N–H and O–H groups in total. The van der Waals surface area contributed by atoms with Gasteiger partial charge in [-0.15, -0.1) is 0 Å². The molecule has 0 aliphatic carbocycles. The Bertz CT molecular complexity index is 503. The second-order valence-electron chi connectivity index (χ2n) is 4.21. The SMILES string of the molecule is C/C(C(=O)O)=C(/C)C(=O)NCc1ccc(CO)cc1. The average Bonchev–Trinajstić information content (AvgIpc) is 2.43. The molecular formula is C14H17NO4. The minimum Gasteiger partial charge on any atom is -0.478 e. The molecule has 0 saturated carbocycles. The van der Waals surface area contributed by atoms with Crippen LogP contribution >= 0.6 is 0 Å². The van der Waals surface area contributed by atoms with Gasteiger partial charge in [0, 0.05) is 17.7 Å². The maximum atomic E-state index is 11.7. The average molecular weight is 263 g/mol. The first-order valence-electron chi connectivity index (χ1n) is 5.83. The summed E-state index contributed by atoms with van der Waals surface area (Å²) < 4.78 is 0. The van der Waals surface area contributed by atoms with Gasteiger partial charge in [0.15, 0.2) is 0 Å². The van der Waals surface area contributed by atoms with Gasteiger partial charge in [0.05, 0.1) is 6.61 Å². The first kappa shape index (κ1) is 14.9. The van der Waals surface area contributed by atoms with E-state index >= 15 is 0 Å². The minimum absolute atomic E-state index is 0.0215. The smallest absolute Gasteiger partial charge is 0.331 e. The van der Waals surface area contributed by atoms with Gasteiger partial charge in [-0.3, -0.25) is 4.79 Å². The summed E-state index contributed by atoms with van der Waals surface area (Å²) in [6, 6.07) is 7.14. The maximum Gasteiger partial charge on any atom is 0.331 e. The molecule has 0 spiro atoms. The third-order valence-electron chi connectivity index (χ3n) is 2.88. The molecule has 5 nitrogen and oxygen atoms in total. The lowest BCUT2D eigenvalue weighted by atomic mass is 10.1. The zero-order chi connectivity index (χ0) is 14.4. The van der Waals surface area contributed by atoms with E-state index in [1.165, 1.54) is 13.8 Å². The number of carboxylic acids is 1. The summed E-state index contributed by atoms with van der Waals surface area (Å²) in [6.45, 7) is 3.17. The lowest BCUT2D eigenvalue weighted by Gasteiger charge is -2.07. The van der Waals surface area contributed by atoms with Crippen molar-refractivity contribution in [2.24, 2.45) is 0 Å². The number of aliphatic hydroxyl groups excluding tert-OH is 1. The van der Waals surface area contributed by atoms with E-state index in [1.54, 1.807) is 24.3 Å². The number of amides is 1. The Balaban J connectivity index is 2.63. The van der Waals surface area contributed by atoms with Crippen LogP contribution in [0.4, 0.5) is 0 Å². The summed E-state index contributed by atoms with van der Waals surface area (Å²) in [5, 5.41) is 20.3. The minimum atomic E-state index is -1.10. The zero-order valence-corrected chi connectivity index (χ0v) is 10.9. The number of aliphatic hydroxyl groups is 1. The van der Waals surface area contributed by atoms with Crippen molar-refractivity contribution < 1.29 is 19.8 Å². The molecule has 1 aromatic rings. The molecule has 102 valence electrons. The van der Waals surface area contributed by atoms with Crippen molar-refractivity contribution in [2.45, 2.75) is 27.0 Å². The molecule has 0 aromatic heterocycles. The number of nitrogens with one attached hydrogen (secondary N) is 1. The van der Waals surface area contributed by atoms with Crippen LogP contribution < -0.4 is 5.32 Å². The van der Waals surface area contributed by atoms with Crippen LogP contribution in [0.5, 0.6) is 0 Å². The number of hydrogen-bond acceptors (Lipinski definition) is 3. The fourth-order valence-electron chi connectivity index (χ4n) is 1.41. The van der Waals surface area contributed by atoms with Crippen molar-refractivity contribution in [1.82, 2.24) is 5.32 Å². The summed E-state index contributed by atoms with van der Waals surface area (Å²) in [6.07, 6.45) is 0. The van der Waals surface area contributed by atoms with Gasteiger partial charge in [0.25, 0.3) is 0 Å². The van der Waals surface area contributed by atoms with Gasteiger partial charge in [-0.25, -0.2) is 4.79 Å². The van der Waals surface area contributed by atoms with Gasteiger partial charge in [-0.05, 0) is 25.0 Å². The molecule has 1 aromatic carbocycles. The number of carbonyl (C=O) groups is 2. The molecular weight excluding hydrogens is 246 g/mol. The van der Waals surface area contributed by atoms with Crippen LogP contribution in [0.1, 0.15) is 25.0 Å². The maximum absolute atomic E-state index is 11.7. The highest BCUT2D eigenvalue weighted by atomic mass is 16.4. The summed E-state index contributed by atoms with van der Waals surface area (Å²) in [5.74, 6) is -1.49. The fraction of sp³-hybridized carbons (Fsp3) is 0.286. The van der Waals surface area contributed by atoms with Crippen LogP contribution in [0.15, 0.2) is 35.4 Å². The van der Waals surface area contributed by atoms with Gasteiger partial charge in [-0.1, -0.05) is 24.3 Å². The van der Waals surface area contributed by atoms with Gasteiger partial charge < -0.3 is 15.5 Å². The Kier molecular flexibility index (Phi) is 5.26. The molecule has 0 saturated heterocycles. The van der Waals surface area contributed by atoms with E-state index < -0.39 is 11.9 Å². The van der Waals surface area contributed by atoms with Crippen molar-refractivity contribution in [3.05, 3.63) is 46.5 Å². The lowest BCUT2D eigenvalue weighted by Crippen LogP contribution is -2.25. The predicted molar refractivity (Wildman–Crippen MR) is 70.2 cm³/mol. The van der Waals surface area contributed by atoms with Gasteiger partial charge in [0.2, 0.25) is 5.91 Å². The van der Waals surface area contributed by atoms with Crippen LogP contribution in [0.25, 0.3) is 0 Å². The van der Waals surface area contributed by atoms with E-state index in [1.807, 2.05) is 0 Å². The molecule has 0 unspecified atom stereocenters. The molecule has 0 aliphatic heterocycles. The highest BCUT2D eigenvalue weighted by Crippen LogP contribution is 2.06. The first-order valence-corrected chi connectivity index (χ1v) is 5.83. The van der Waals surface area contributed by atoms with Gasteiger partial charge in [0.1, 0.15) is 0 Å². The summed E-state index contributed by atoms with van der Waals surface area (Å²) >= 11 is 0. The largest absolute Gasteiger partial charge is 0.478 e. The van der Waals surface area contributed by atoms with Crippen LogP contribution in [-0.4, -0.2) is 22.1 Å². The molecule has 5 heteroatoms. The molecule has 1 amide bonds. The Morgan fingerprint density at radius 2 is 1.58 bits per heavy atom. The van der Waals surface area contributed by atoms with Crippen molar-refractivity contribution in [2.75, 3.05) is 0 Å². The van der Waals surface area contributed by atoms with E-state index in [2.05, 4.69) is 5.32 Å². The van der Waals surface area contributed by atoms with E-state index in [0.29, 0.717) is 6.54 Å². The normalized spacial score (nSPS) is 11.7. The van der Waals surface area contributed by atoms with E-state index in [9.17, 15) is 9.59 Å². The molecule has 0 fully saturated rings. The first-order chi connectivity index (χ1) is 8.95. The van der Waals surface area contributed by atoms with Crippen molar-refractivity contribution in [3.8, 4) is 0 Å². The van der Waals surface area contributed by atoms with E-state index in [4.69, 9.17) is 10.2 Å². The summed E-state index contributed by atoms with van der Waals surface area (Å²) in [4.78, 5) is 22.4. The Morgan fingerprint density at radius 1 is 1.05 bits per heavy atom. The van der Waals surface area contributed by atoms with E-state index in [0.717, 1.165) is 11.1 Å². The van der Waals surface area contributed by atoms with Crippen molar-refractivity contribution in [3.63, 3.8) is 0 Å². The van der Waals surface area contributed by atoms with Crippen LogP contribution in [0.3, 0.4) is 0 Å². The van der Waals surface area contributed by atoms with Gasteiger partial charge >= 0.3 is 5.97 Å². The Labute approximate surface area is 111 Å². The van der Waals surface area contributed by atoms with Crippen LogP contribution in [0.2, 0.25) is 0 Å². The van der Waals surface area contributed by atoms with Crippen LogP contribution in [0, 0.1) is 0 Å². The monoisotopic (exact) mass is 263 g/mol. The molecule has 0 heterocycles. The number of carbonyl (C=O) groups excluding carboxylic acids is 1. The quantitative estimate of drug-likeness (QED) is 0.697. The number of benzene rings is 1. The second kappa shape index (κ2) is 6.70. The molecule has 0 atom stereocenters. The molecule has 0 bridgehead atoms.